The van der Waals surface area contributed by atoms with Gasteiger partial charge in [0.15, 0.2) is 0 Å². The highest BCUT2D eigenvalue weighted by Gasteiger charge is 2.13. The van der Waals surface area contributed by atoms with Crippen molar-refractivity contribution in [3.8, 4) is 0 Å². The fraction of sp³-hybridized carbons (Fsp3) is 0.400. The second-order valence-electron chi connectivity index (χ2n) is 4.60. The molecule has 1 aromatic rings. The van der Waals surface area contributed by atoms with Crippen LogP contribution >= 0.6 is 0 Å². The molecule has 0 heterocycles. The van der Waals surface area contributed by atoms with Crippen molar-refractivity contribution in [1.29, 1.82) is 0 Å². The molecule has 7 nitrogen and oxygen atoms in total. The van der Waals surface area contributed by atoms with Gasteiger partial charge in [-0.1, -0.05) is 6.07 Å². The van der Waals surface area contributed by atoms with Crippen LogP contribution in [0.15, 0.2) is 24.3 Å². The Balaban J connectivity index is 2.46. The predicted octanol–water partition coefficient (Wildman–Crippen LogP) is 0.484. The molecule has 1 atom stereocenters. The van der Waals surface area contributed by atoms with E-state index in [1.165, 1.54) is 20.3 Å². The molecule has 0 bridgehead atoms. The summed E-state index contributed by atoms with van der Waals surface area (Å²) in [7, 11) is 2.55. The first kappa shape index (κ1) is 17.6. The summed E-state index contributed by atoms with van der Waals surface area (Å²) in [5, 5.41) is 2.70. The van der Waals surface area contributed by atoms with Gasteiger partial charge in [-0.2, -0.15) is 0 Å². The Bertz CT molecular complexity index is 544. The van der Waals surface area contributed by atoms with Crippen LogP contribution in [0.5, 0.6) is 0 Å². The Kier molecular flexibility index (Phi) is 7.04. The number of carbonyl (C=O) groups is 3. The van der Waals surface area contributed by atoms with Crippen molar-refractivity contribution in [3.05, 3.63) is 35.4 Å². The Labute approximate surface area is 128 Å². The summed E-state index contributed by atoms with van der Waals surface area (Å²) < 4.78 is 9.11. The second kappa shape index (κ2) is 8.78. The van der Waals surface area contributed by atoms with Gasteiger partial charge in [-0.15, -0.1) is 0 Å². The van der Waals surface area contributed by atoms with E-state index in [2.05, 4.69) is 14.8 Å². The van der Waals surface area contributed by atoms with Crippen LogP contribution in [0.4, 0.5) is 0 Å². The van der Waals surface area contributed by atoms with Crippen LogP contribution in [-0.2, 0) is 14.3 Å². The van der Waals surface area contributed by atoms with E-state index in [-0.39, 0.29) is 5.91 Å². The van der Waals surface area contributed by atoms with Crippen LogP contribution < -0.4 is 11.1 Å². The van der Waals surface area contributed by atoms with Gasteiger partial charge >= 0.3 is 11.9 Å². The van der Waals surface area contributed by atoms with E-state index >= 15 is 0 Å². The number of nitrogens with one attached hydrogen (secondary N) is 1. The third-order valence-electron chi connectivity index (χ3n) is 3.03. The molecule has 0 aliphatic carbocycles. The maximum atomic E-state index is 12.0. The van der Waals surface area contributed by atoms with Crippen molar-refractivity contribution < 1.29 is 23.9 Å². The number of ether oxygens (including phenoxy) is 2. The molecule has 1 aromatic carbocycles. The molecule has 1 rings (SSSR count). The highest BCUT2D eigenvalue weighted by molar-refractivity contribution is 5.97. The number of esters is 2. The fourth-order valence-electron chi connectivity index (χ4n) is 1.80. The molecule has 0 fully saturated rings. The molecule has 0 aliphatic rings. The summed E-state index contributed by atoms with van der Waals surface area (Å²) in [4.78, 5) is 34.5. The van der Waals surface area contributed by atoms with Gasteiger partial charge in [0.25, 0.3) is 5.91 Å². The predicted molar refractivity (Wildman–Crippen MR) is 79.3 cm³/mol. The third-order valence-corrected chi connectivity index (χ3v) is 3.03. The Hall–Kier alpha value is -2.41. The molecule has 0 aliphatic heterocycles. The minimum Gasteiger partial charge on any atom is -0.468 e. The number of methoxy groups -OCH3 is 2. The number of amides is 1. The van der Waals surface area contributed by atoms with Crippen molar-refractivity contribution in [2.24, 2.45) is 5.73 Å². The van der Waals surface area contributed by atoms with Crippen LogP contribution in [-0.4, -0.2) is 44.7 Å². The maximum absolute atomic E-state index is 12.0. The lowest BCUT2D eigenvalue weighted by Gasteiger charge is -2.10. The first-order valence-electron chi connectivity index (χ1n) is 6.79. The standard InChI is InChI=1S/C15H20N2O5/c1-21-14(19)11-6-3-5-10(9-11)13(18)17-8-4-7-12(16)15(20)22-2/h3,5-6,9,12H,4,7-8,16H2,1-2H3,(H,17,18)/t12-/m0/s1. The summed E-state index contributed by atoms with van der Waals surface area (Å²) in [6.07, 6.45) is 0.952. The van der Waals surface area contributed by atoms with Crippen molar-refractivity contribution in [3.63, 3.8) is 0 Å². The van der Waals surface area contributed by atoms with Crippen molar-refractivity contribution in [1.82, 2.24) is 5.32 Å². The summed E-state index contributed by atoms with van der Waals surface area (Å²) in [6.45, 7) is 0.367. The van der Waals surface area contributed by atoms with Gasteiger partial charge in [-0.25, -0.2) is 4.79 Å². The molecule has 0 saturated heterocycles. The van der Waals surface area contributed by atoms with Gasteiger partial charge < -0.3 is 20.5 Å². The summed E-state index contributed by atoms with van der Waals surface area (Å²) in [5.74, 6) is -1.28. The summed E-state index contributed by atoms with van der Waals surface area (Å²) >= 11 is 0. The molecule has 0 unspecified atom stereocenters. The van der Waals surface area contributed by atoms with Crippen LogP contribution in [0, 0.1) is 0 Å². The zero-order valence-corrected chi connectivity index (χ0v) is 12.6. The molecule has 3 N–H and O–H groups in total. The highest BCUT2D eigenvalue weighted by atomic mass is 16.5. The molecule has 0 radical (unpaired) electrons. The molecule has 22 heavy (non-hydrogen) atoms. The number of benzene rings is 1. The van der Waals surface area contributed by atoms with Gasteiger partial charge in [0.2, 0.25) is 0 Å². The van der Waals surface area contributed by atoms with E-state index in [1.807, 2.05) is 0 Å². The van der Waals surface area contributed by atoms with Gasteiger partial charge in [0, 0.05) is 12.1 Å². The Morgan fingerprint density at radius 2 is 1.86 bits per heavy atom. The monoisotopic (exact) mass is 308 g/mol. The van der Waals surface area contributed by atoms with E-state index in [4.69, 9.17) is 5.73 Å². The SMILES string of the molecule is COC(=O)c1cccc(C(=O)NCCC[C@H](N)C(=O)OC)c1. The van der Waals surface area contributed by atoms with E-state index in [9.17, 15) is 14.4 Å². The third kappa shape index (κ3) is 5.17. The molecule has 1 amide bonds. The van der Waals surface area contributed by atoms with E-state index < -0.39 is 18.0 Å². The number of nitrogens with two attached hydrogens (primary N) is 1. The van der Waals surface area contributed by atoms with Gasteiger partial charge in [0.1, 0.15) is 6.04 Å². The normalized spacial score (nSPS) is 11.4. The zero-order chi connectivity index (χ0) is 16.5. The molecule has 0 spiro atoms. The number of rotatable bonds is 7. The molecule has 0 saturated carbocycles. The lowest BCUT2D eigenvalue weighted by atomic mass is 10.1. The van der Waals surface area contributed by atoms with Gasteiger partial charge in [-0.3, -0.25) is 9.59 Å². The quantitative estimate of drug-likeness (QED) is 0.560. The van der Waals surface area contributed by atoms with E-state index in [0.29, 0.717) is 30.5 Å². The molecular formula is C15H20N2O5. The zero-order valence-electron chi connectivity index (χ0n) is 12.6. The topological polar surface area (TPSA) is 108 Å². The average Bonchev–Trinajstić information content (AvgIpc) is 2.56. The smallest absolute Gasteiger partial charge is 0.337 e. The minimum absolute atomic E-state index is 0.308. The summed E-state index contributed by atoms with van der Waals surface area (Å²) in [6, 6.07) is 5.54. The number of hydrogen-bond acceptors (Lipinski definition) is 6. The molecule has 120 valence electrons. The first-order chi connectivity index (χ1) is 10.5. The van der Waals surface area contributed by atoms with Crippen LogP contribution in [0.3, 0.4) is 0 Å². The van der Waals surface area contributed by atoms with Crippen molar-refractivity contribution >= 4 is 17.8 Å². The largest absolute Gasteiger partial charge is 0.468 e. The molecule has 7 heteroatoms. The lowest BCUT2D eigenvalue weighted by molar-refractivity contribution is -0.142. The van der Waals surface area contributed by atoms with Crippen molar-refractivity contribution in [2.45, 2.75) is 18.9 Å². The Morgan fingerprint density at radius 1 is 1.18 bits per heavy atom. The van der Waals surface area contributed by atoms with Crippen LogP contribution in [0.2, 0.25) is 0 Å². The van der Waals surface area contributed by atoms with Gasteiger partial charge in [-0.05, 0) is 31.0 Å². The highest BCUT2D eigenvalue weighted by Crippen LogP contribution is 2.07. The van der Waals surface area contributed by atoms with Crippen LogP contribution in [0.25, 0.3) is 0 Å². The second-order valence-corrected chi connectivity index (χ2v) is 4.60. The molecular weight excluding hydrogens is 288 g/mol. The van der Waals surface area contributed by atoms with Gasteiger partial charge in [0.05, 0.1) is 19.8 Å². The number of hydrogen-bond donors (Lipinski definition) is 2. The lowest BCUT2D eigenvalue weighted by Crippen LogP contribution is -2.33. The Morgan fingerprint density at radius 3 is 2.50 bits per heavy atom. The number of carbonyl (C=O) groups excluding carboxylic acids is 3. The van der Waals surface area contributed by atoms with Crippen LogP contribution in [0.1, 0.15) is 33.6 Å². The molecule has 0 aromatic heterocycles. The summed E-state index contributed by atoms with van der Waals surface area (Å²) in [5.41, 5.74) is 6.26. The first-order valence-corrected chi connectivity index (χ1v) is 6.79. The van der Waals surface area contributed by atoms with E-state index in [1.54, 1.807) is 18.2 Å². The average molecular weight is 308 g/mol. The van der Waals surface area contributed by atoms with Crippen molar-refractivity contribution in [2.75, 3.05) is 20.8 Å². The minimum atomic E-state index is -0.690. The fourth-order valence-corrected chi connectivity index (χ4v) is 1.80. The van der Waals surface area contributed by atoms with E-state index in [0.717, 1.165) is 0 Å². The maximum Gasteiger partial charge on any atom is 0.337 e.